The first-order chi connectivity index (χ1) is 9.97. The van der Waals surface area contributed by atoms with Crippen LogP contribution in [0.5, 0.6) is 0 Å². The quantitative estimate of drug-likeness (QED) is 0.562. The third-order valence-electron chi connectivity index (χ3n) is 2.57. The molecule has 0 fully saturated rings. The summed E-state index contributed by atoms with van der Waals surface area (Å²) in [6.45, 7) is 0. The van der Waals surface area contributed by atoms with Gasteiger partial charge in [-0.15, -0.1) is 0 Å². The van der Waals surface area contributed by atoms with Gasteiger partial charge in [-0.3, -0.25) is 9.59 Å². The van der Waals surface area contributed by atoms with Gasteiger partial charge in [0.15, 0.2) is 0 Å². The fourth-order valence-electron chi connectivity index (χ4n) is 1.55. The number of nitrogens with one attached hydrogen (secondary N) is 2. The molecule has 108 valence electrons. The van der Waals surface area contributed by atoms with E-state index in [1.165, 1.54) is 12.1 Å². The molecule has 7 heteroatoms. The normalized spacial score (nSPS) is 10.0. The Kier molecular flexibility index (Phi) is 4.82. The van der Waals surface area contributed by atoms with Crippen molar-refractivity contribution in [2.24, 2.45) is 0 Å². The lowest BCUT2D eigenvalue weighted by Gasteiger charge is -2.09. The van der Waals surface area contributed by atoms with Crippen LogP contribution in [0.4, 0.5) is 17.1 Å². The van der Waals surface area contributed by atoms with Crippen LogP contribution >= 0.6 is 27.5 Å². The zero-order chi connectivity index (χ0) is 15.4. The van der Waals surface area contributed by atoms with E-state index in [1.54, 1.807) is 30.3 Å². The molecule has 2 aromatic carbocycles. The van der Waals surface area contributed by atoms with Crippen LogP contribution in [-0.2, 0) is 9.59 Å². The number of hydrogen-bond donors (Lipinski definition) is 3. The van der Waals surface area contributed by atoms with Crippen molar-refractivity contribution in [1.82, 2.24) is 0 Å². The number of hydrogen-bond acceptors (Lipinski definition) is 3. The topological polar surface area (TPSA) is 84.2 Å². The number of anilines is 3. The molecule has 2 rings (SSSR count). The highest BCUT2D eigenvalue weighted by atomic mass is 79.9. The summed E-state index contributed by atoms with van der Waals surface area (Å²) in [7, 11) is 0. The summed E-state index contributed by atoms with van der Waals surface area (Å²) in [6.07, 6.45) is 0. The van der Waals surface area contributed by atoms with Crippen molar-refractivity contribution in [2.75, 3.05) is 16.4 Å². The van der Waals surface area contributed by atoms with Crippen LogP contribution in [0.25, 0.3) is 0 Å². The number of rotatable bonds is 2. The van der Waals surface area contributed by atoms with Crippen LogP contribution in [0.15, 0.2) is 46.9 Å². The fourth-order valence-corrected chi connectivity index (χ4v) is 2.17. The first kappa shape index (κ1) is 15.3. The number of para-hydroxylation sites is 1. The first-order valence-corrected chi connectivity index (χ1v) is 7.06. The monoisotopic (exact) mass is 367 g/mol. The smallest absolute Gasteiger partial charge is 0.314 e. The lowest BCUT2D eigenvalue weighted by molar-refractivity contribution is -0.133. The van der Waals surface area contributed by atoms with E-state index in [0.717, 1.165) is 0 Å². The highest BCUT2D eigenvalue weighted by Crippen LogP contribution is 2.24. The van der Waals surface area contributed by atoms with E-state index in [0.29, 0.717) is 21.5 Å². The molecule has 2 amide bonds. The summed E-state index contributed by atoms with van der Waals surface area (Å²) in [5.74, 6) is -1.62. The molecule has 0 saturated carbocycles. The lowest BCUT2D eigenvalue weighted by Crippen LogP contribution is -2.29. The average Bonchev–Trinajstić information content (AvgIpc) is 2.44. The standard InChI is InChI=1S/C14H11BrClN3O2/c15-9-3-1-2-4-11(9)18-13(20)14(21)19-12-6-5-8(17)7-10(12)16/h1-7H,17H2,(H,18,20)(H,19,21). The Labute approximate surface area is 134 Å². The van der Waals surface area contributed by atoms with Gasteiger partial charge in [-0.25, -0.2) is 0 Å². The Balaban J connectivity index is 2.06. The second kappa shape index (κ2) is 6.60. The van der Waals surface area contributed by atoms with E-state index >= 15 is 0 Å². The summed E-state index contributed by atoms with van der Waals surface area (Å²) >= 11 is 9.21. The predicted molar refractivity (Wildman–Crippen MR) is 87.3 cm³/mol. The highest BCUT2D eigenvalue weighted by Gasteiger charge is 2.16. The van der Waals surface area contributed by atoms with Crippen LogP contribution in [-0.4, -0.2) is 11.8 Å². The van der Waals surface area contributed by atoms with Crippen molar-refractivity contribution in [2.45, 2.75) is 0 Å². The number of benzene rings is 2. The van der Waals surface area contributed by atoms with Gasteiger partial charge in [0.1, 0.15) is 0 Å². The Morgan fingerprint density at radius 2 is 1.62 bits per heavy atom. The molecular formula is C14H11BrClN3O2. The Morgan fingerprint density at radius 3 is 2.24 bits per heavy atom. The van der Waals surface area contributed by atoms with Crippen LogP contribution in [0, 0.1) is 0 Å². The molecule has 0 aliphatic heterocycles. The van der Waals surface area contributed by atoms with Crippen molar-refractivity contribution < 1.29 is 9.59 Å². The second-order valence-corrected chi connectivity index (χ2v) is 5.39. The molecule has 0 saturated heterocycles. The van der Waals surface area contributed by atoms with Gasteiger partial charge in [0.05, 0.1) is 16.4 Å². The molecule has 0 unspecified atom stereocenters. The number of nitrogen functional groups attached to an aromatic ring is 1. The second-order valence-electron chi connectivity index (χ2n) is 4.13. The van der Waals surface area contributed by atoms with Crippen molar-refractivity contribution in [3.8, 4) is 0 Å². The molecule has 2 aromatic rings. The average molecular weight is 369 g/mol. The minimum atomic E-state index is -0.822. The van der Waals surface area contributed by atoms with E-state index in [1.807, 2.05) is 0 Å². The number of amides is 2. The van der Waals surface area contributed by atoms with E-state index < -0.39 is 11.8 Å². The van der Waals surface area contributed by atoms with Crippen LogP contribution in [0.2, 0.25) is 5.02 Å². The Hall–Kier alpha value is -2.05. The first-order valence-electron chi connectivity index (χ1n) is 5.89. The van der Waals surface area contributed by atoms with Crippen LogP contribution < -0.4 is 16.4 Å². The maximum Gasteiger partial charge on any atom is 0.314 e. The largest absolute Gasteiger partial charge is 0.399 e. The number of halogens is 2. The summed E-state index contributed by atoms with van der Waals surface area (Å²) in [4.78, 5) is 23.7. The summed E-state index contributed by atoms with van der Waals surface area (Å²) in [5, 5.41) is 5.18. The van der Waals surface area contributed by atoms with Gasteiger partial charge >= 0.3 is 11.8 Å². The number of nitrogens with two attached hydrogens (primary N) is 1. The zero-order valence-electron chi connectivity index (χ0n) is 10.7. The van der Waals surface area contributed by atoms with Gasteiger partial charge in [-0.05, 0) is 46.3 Å². The van der Waals surface area contributed by atoms with E-state index in [-0.39, 0.29) is 5.02 Å². The van der Waals surface area contributed by atoms with Crippen molar-refractivity contribution in [3.63, 3.8) is 0 Å². The summed E-state index contributed by atoms with van der Waals surface area (Å²) < 4.78 is 0.677. The third kappa shape index (κ3) is 3.96. The van der Waals surface area contributed by atoms with Crippen LogP contribution in [0.1, 0.15) is 0 Å². The molecule has 21 heavy (non-hydrogen) atoms. The maximum atomic E-state index is 11.8. The zero-order valence-corrected chi connectivity index (χ0v) is 13.0. The molecule has 0 bridgehead atoms. The minimum absolute atomic E-state index is 0.261. The van der Waals surface area contributed by atoms with Crippen molar-refractivity contribution >= 4 is 56.4 Å². The molecule has 0 aromatic heterocycles. The maximum absolute atomic E-state index is 11.8. The molecule has 0 aliphatic rings. The SMILES string of the molecule is Nc1ccc(NC(=O)C(=O)Nc2ccccc2Br)c(Cl)c1. The van der Waals surface area contributed by atoms with Crippen molar-refractivity contribution in [3.05, 3.63) is 52.0 Å². The van der Waals surface area contributed by atoms with E-state index in [4.69, 9.17) is 17.3 Å². The third-order valence-corrected chi connectivity index (χ3v) is 3.57. The molecule has 5 nitrogen and oxygen atoms in total. The highest BCUT2D eigenvalue weighted by molar-refractivity contribution is 9.10. The summed E-state index contributed by atoms with van der Waals surface area (Å²) in [5.41, 5.74) is 6.84. The lowest BCUT2D eigenvalue weighted by atomic mass is 10.3. The molecule has 0 radical (unpaired) electrons. The van der Waals surface area contributed by atoms with Gasteiger partial charge in [0.25, 0.3) is 0 Å². The number of carbonyl (C=O) groups excluding carboxylic acids is 2. The molecule has 0 heterocycles. The van der Waals surface area contributed by atoms with Gasteiger partial charge < -0.3 is 16.4 Å². The fraction of sp³-hybridized carbons (Fsp3) is 0. The number of carbonyl (C=O) groups is 2. The van der Waals surface area contributed by atoms with E-state index in [2.05, 4.69) is 26.6 Å². The van der Waals surface area contributed by atoms with E-state index in [9.17, 15) is 9.59 Å². The molecule has 0 aliphatic carbocycles. The van der Waals surface area contributed by atoms with Gasteiger partial charge in [0, 0.05) is 10.2 Å². The van der Waals surface area contributed by atoms with Crippen molar-refractivity contribution in [1.29, 1.82) is 0 Å². The Morgan fingerprint density at radius 1 is 1.00 bits per heavy atom. The van der Waals surface area contributed by atoms with Gasteiger partial charge in [-0.2, -0.15) is 0 Å². The molecular weight excluding hydrogens is 358 g/mol. The Bertz CT molecular complexity index is 706. The van der Waals surface area contributed by atoms with Gasteiger partial charge in [-0.1, -0.05) is 23.7 Å². The minimum Gasteiger partial charge on any atom is -0.399 e. The molecule has 0 spiro atoms. The molecule has 4 N–H and O–H groups in total. The van der Waals surface area contributed by atoms with Gasteiger partial charge in [0.2, 0.25) is 0 Å². The molecule has 0 atom stereocenters. The summed E-state index contributed by atoms with van der Waals surface area (Å²) in [6, 6.07) is 11.6. The predicted octanol–water partition coefficient (Wildman–Crippen LogP) is 3.26. The van der Waals surface area contributed by atoms with Crippen LogP contribution in [0.3, 0.4) is 0 Å².